The van der Waals surface area contributed by atoms with Gasteiger partial charge in [0.25, 0.3) is 0 Å². The summed E-state index contributed by atoms with van der Waals surface area (Å²) in [6.45, 7) is 3.09. The summed E-state index contributed by atoms with van der Waals surface area (Å²) in [4.78, 5) is 22.5. The highest BCUT2D eigenvalue weighted by Crippen LogP contribution is 2.28. The maximum Gasteiger partial charge on any atom is 0.321 e. The van der Waals surface area contributed by atoms with Gasteiger partial charge in [-0.3, -0.25) is 4.98 Å². The van der Waals surface area contributed by atoms with Crippen molar-refractivity contribution < 1.29 is 9.32 Å². The molecule has 0 bridgehead atoms. The lowest BCUT2D eigenvalue weighted by Gasteiger charge is -2.37. The van der Waals surface area contributed by atoms with Crippen molar-refractivity contribution in [3.63, 3.8) is 0 Å². The standard InChI is InChI=1S/C18H17N5O2/c1-12-5-2-3-7-15(12)20-18(24)23-10-14(11-23)17-21-16(22-25-17)13-6-4-8-19-9-13/h2-9,14H,10-11H2,1H3,(H,20,24). The zero-order chi connectivity index (χ0) is 17.2. The molecule has 1 fully saturated rings. The molecule has 25 heavy (non-hydrogen) atoms. The fourth-order valence-corrected chi connectivity index (χ4v) is 2.72. The summed E-state index contributed by atoms with van der Waals surface area (Å²) in [5.41, 5.74) is 2.67. The number of aryl methyl sites for hydroxylation is 1. The van der Waals surface area contributed by atoms with Crippen LogP contribution in [0.5, 0.6) is 0 Å². The number of urea groups is 1. The molecule has 7 nitrogen and oxygen atoms in total. The van der Waals surface area contributed by atoms with Crippen LogP contribution in [0.2, 0.25) is 0 Å². The van der Waals surface area contributed by atoms with Crippen LogP contribution < -0.4 is 5.32 Å². The van der Waals surface area contributed by atoms with Gasteiger partial charge < -0.3 is 14.7 Å². The third-order valence-corrected chi connectivity index (χ3v) is 4.27. The SMILES string of the molecule is Cc1ccccc1NC(=O)N1CC(c2nc(-c3cccnc3)no2)C1. The number of carbonyl (C=O) groups is 1. The first kappa shape index (κ1) is 15.3. The number of para-hydroxylation sites is 1. The van der Waals surface area contributed by atoms with E-state index in [2.05, 4.69) is 20.4 Å². The minimum Gasteiger partial charge on any atom is -0.339 e. The zero-order valence-corrected chi connectivity index (χ0v) is 13.7. The van der Waals surface area contributed by atoms with Gasteiger partial charge in [-0.05, 0) is 30.7 Å². The average molecular weight is 335 g/mol. The second-order valence-electron chi connectivity index (χ2n) is 6.04. The third-order valence-electron chi connectivity index (χ3n) is 4.27. The minimum absolute atomic E-state index is 0.0699. The Hall–Kier alpha value is -3.22. The van der Waals surface area contributed by atoms with Crippen LogP contribution in [-0.4, -0.2) is 39.1 Å². The highest BCUT2D eigenvalue weighted by molar-refractivity contribution is 5.90. The molecule has 1 aromatic carbocycles. The Bertz CT molecular complexity index is 887. The topological polar surface area (TPSA) is 84.2 Å². The molecule has 0 unspecified atom stereocenters. The van der Waals surface area contributed by atoms with E-state index in [1.807, 2.05) is 43.3 Å². The Balaban J connectivity index is 1.37. The van der Waals surface area contributed by atoms with Crippen LogP contribution in [0.3, 0.4) is 0 Å². The van der Waals surface area contributed by atoms with Crippen molar-refractivity contribution >= 4 is 11.7 Å². The molecule has 3 heterocycles. The van der Waals surface area contributed by atoms with Crippen LogP contribution in [0, 0.1) is 6.92 Å². The predicted octanol–water partition coefficient (Wildman–Crippen LogP) is 3.07. The molecule has 0 radical (unpaired) electrons. The number of anilines is 1. The van der Waals surface area contributed by atoms with Crippen molar-refractivity contribution in [3.05, 3.63) is 60.2 Å². The Morgan fingerprint density at radius 3 is 2.84 bits per heavy atom. The largest absolute Gasteiger partial charge is 0.339 e. The molecule has 1 aliphatic heterocycles. The molecule has 1 saturated heterocycles. The minimum atomic E-state index is -0.113. The van der Waals surface area contributed by atoms with Gasteiger partial charge >= 0.3 is 6.03 Å². The number of aromatic nitrogens is 3. The van der Waals surface area contributed by atoms with Crippen molar-refractivity contribution in [3.8, 4) is 11.4 Å². The van der Waals surface area contributed by atoms with E-state index in [-0.39, 0.29) is 11.9 Å². The number of amides is 2. The molecule has 0 saturated carbocycles. The van der Waals surface area contributed by atoms with Gasteiger partial charge in [0.2, 0.25) is 11.7 Å². The number of pyridine rings is 1. The highest BCUT2D eigenvalue weighted by atomic mass is 16.5. The summed E-state index contributed by atoms with van der Waals surface area (Å²) >= 11 is 0. The molecule has 2 amide bonds. The summed E-state index contributed by atoms with van der Waals surface area (Å²) in [7, 11) is 0. The number of hydrogen-bond donors (Lipinski definition) is 1. The zero-order valence-electron chi connectivity index (χ0n) is 13.7. The summed E-state index contributed by atoms with van der Waals surface area (Å²) in [6, 6.07) is 11.3. The van der Waals surface area contributed by atoms with Crippen LogP contribution in [0.1, 0.15) is 17.4 Å². The van der Waals surface area contributed by atoms with Gasteiger partial charge in [0.15, 0.2) is 0 Å². The average Bonchev–Trinajstić information content (AvgIpc) is 3.06. The summed E-state index contributed by atoms with van der Waals surface area (Å²) < 4.78 is 5.34. The van der Waals surface area contributed by atoms with Gasteiger partial charge in [0.05, 0.1) is 5.92 Å². The molecule has 126 valence electrons. The Morgan fingerprint density at radius 1 is 1.24 bits per heavy atom. The fourth-order valence-electron chi connectivity index (χ4n) is 2.72. The first-order valence-electron chi connectivity index (χ1n) is 8.06. The lowest BCUT2D eigenvalue weighted by atomic mass is 10.0. The van der Waals surface area contributed by atoms with E-state index in [9.17, 15) is 4.79 Å². The number of carbonyl (C=O) groups excluding carboxylic acids is 1. The maximum absolute atomic E-state index is 12.3. The van der Waals surface area contributed by atoms with E-state index >= 15 is 0 Å². The Morgan fingerprint density at radius 2 is 2.08 bits per heavy atom. The molecule has 7 heteroatoms. The molecular weight excluding hydrogens is 318 g/mol. The van der Waals surface area contributed by atoms with E-state index in [1.54, 1.807) is 17.3 Å². The second-order valence-corrected chi connectivity index (χ2v) is 6.04. The molecule has 0 aliphatic carbocycles. The van der Waals surface area contributed by atoms with E-state index in [1.165, 1.54) is 0 Å². The fraction of sp³-hybridized carbons (Fsp3) is 0.222. The van der Waals surface area contributed by atoms with Gasteiger partial charge in [-0.2, -0.15) is 4.98 Å². The summed E-state index contributed by atoms with van der Waals surface area (Å²) in [5.74, 6) is 1.14. The highest BCUT2D eigenvalue weighted by Gasteiger charge is 2.35. The maximum atomic E-state index is 12.3. The van der Waals surface area contributed by atoms with Crippen molar-refractivity contribution in [2.45, 2.75) is 12.8 Å². The molecular formula is C18H17N5O2. The van der Waals surface area contributed by atoms with E-state index < -0.39 is 0 Å². The van der Waals surface area contributed by atoms with Gasteiger partial charge in [-0.25, -0.2) is 4.79 Å². The van der Waals surface area contributed by atoms with Crippen LogP contribution in [0.15, 0.2) is 53.3 Å². The Labute approximate surface area is 144 Å². The van der Waals surface area contributed by atoms with Crippen molar-refractivity contribution in [2.24, 2.45) is 0 Å². The van der Waals surface area contributed by atoms with Gasteiger partial charge in [0.1, 0.15) is 0 Å². The van der Waals surface area contributed by atoms with Crippen LogP contribution in [-0.2, 0) is 0 Å². The normalized spacial score (nSPS) is 14.2. The summed E-state index contributed by atoms with van der Waals surface area (Å²) in [6.07, 6.45) is 3.39. The van der Waals surface area contributed by atoms with Crippen LogP contribution >= 0.6 is 0 Å². The molecule has 3 aromatic rings. The predicted molar refractivity (Wildman–Crippen MR) is 92.0 cm³/mol. The number of hydrogen-bond acceptors (Lipinski definition) is 5. The molecule has 2 aromatic heterocycles. The van der Waals surface area contributed by atoms with Crippen LogP contribution in [0.25, 0.3) is 11.4 Å². The third kappa shape index (κ3) is 3.08. The second kappa shape index (κ2) is 6.35. The Kier molecular flexibility index (Phi) is 3.89. The van der Waals surface area contributed by atoms with E-state index in [0.29, 0.717) is 24.8 Å². The van der Waals surface area contributed by atoms with Gasteiger partial charge in [-0.15, -0.1) is 0 Å². The molecule has 1 N–H and O–H groups in total. The molecule has 1 aliphatic rings. The van der Waals surface area contributed by atoms with Crippen molar-refractivity contribution in [1.82, 2.24) is 20.0 Å². The monoisotopic (exact) mass is 335 g/mol. The quantitative estimate of drug-likeness (QED) is 0.795. The summed E-state index contributed by atoms with van der Waals surface area (Å²) in [5, 5.41) is 6.92. The lowest BCUT2D eigenvalue weighted by Crippen LogP contribution is -2.50. The van der Waals surface area contributed by atoms with Gasteiger partial charge in [-0.1, -0.05) is 23.4 Å². The van der Waals surface area contributed by atoms with Crippen molar-refractivity contribution in [2.75, 3.05) is 18.4 Å². The smallest absolute Gasteiger partial charge is 0.321 e. The first-order chi connectivity index (χ1) is 12.2. The molecule has 0 spiro atoms. The van der Waals surface area contributed by atoms with E-state index in [4.69, 9.17) is 4.52 Å². The number of nitrogens with zero attached hydrogens (tertiary/aromatic N) is 4. The number of likely N-dealkylation sites (tertiary alicyclic amines) is 1. The number of rotatable bonds is 3. The number of nitrogens with one attached hydrogen (secondary N) is 1. The molecule has 0 atom stereocenters. The van der Waals surface area contributed by atoms with Crippen LogP contribution in [0.4, 0.5) is 10.5 Å². The lowest BCUT2D eigenvalue weighted by molar-refractivity contribution is 0.147. The first-order valence-corrected chi connectivity index (χ1v) is 8.06. The van der Waals surface area contributed by atoms with E-state index in [0.717, 1.165) is 16.8 Å². The van der Waals surface area contributed by atoms with Gasteiger partial charge in [0, 0.05) is 36.7 Å². The van der Waals surface area contributed by atoms with Crippen molar-refractivity contribution in [1.29, 1.82) is 0 Å². The number of benzene rings is 1. The molecule has 4 rings (SSSR count).